The first-order valence-corrected chi connectivity index (χ1v) is 4.68. The van der Waals surface area contributed by atoms with Gasteiger partial charge in [-0.25, -0.2) is 0 Å². The molecule has 0 aliphatic heterocycles. The molecule has 2 aromatic heterocycles. The van der Waals surface area contributed by atoms with Crippen molar-refractivity contribution in [1.82, 2.24) is 20.3 Å². The van der Waals surface area contributed by atoms with E-state index in [9.17, 15) is 0 Å². The maximum atomic E-state index is 5.60. The minimum Gasteiger partial charge on any atom is -0.480 e. The van der Waals surface area contributed by atoms with Crippen molar-refractivity contribution in [1.29, 1.82) is 0 Å². The monoisotopic (exact) mass is 221 g/mol. The zero-order chi connectivity index (χ0) is 11.5. The third-order valence-corrected chi connectivity index (χ3v) is 1.91. The molecule has 0 fully saturated rings. The van der Waals surface area contributed by atoms with Gasteiger partial charge in [0.2, 0.25) is 17.6 Å². The molecule has 2 rings (SSSR count). The average molecular weight is 221 g/mol. The topological polar surface area (TPSA) is 100.0 Å². The van der Waals surface area contributed by atoms with Crippen LogP contribution in [0.2, 0.25) is 0 Å². The Hall–Kier alpha value is -2.02. The van der Waals surface area contributed by atoms with Crippen molar-refractivity contribution >= 4 is 0 Å². The quantitative estimate of drug-likeness (QED) is 0.807. The summed E-state index contributed by atoms with van der Waals surface area (Å²) in [4.78, 5) is 4.09. The summed E-state index contributed by atoms with van der Waals surface area (Å²) >= 11 is 0. The van der Waals surface area contributed by atoms with E-state index in [4.69, 9.17) is 15.0 Å². The van der Waals surface area contributed by atoms with Gasteiger partial charge >= 0.3 is 0 Å². The summed E-state index contributed by atoms with van der Waals surface area (Å²) in [6.07, 6.45) is 0. The fraction of sp³-hybridized carbons (Fsp3) is 0.333. The van der Waals surface area contributed by atoms with E-state index in [2.05, 4.69) is 20.3 Å². The van der Waals surface area contributed by atoms with Crippen molar-refractivity contribution in [2.45, 2.75) is 13.0 Å². The third kappa shape index (κ3) is 1.98. The first kappa shape index (κ1) is 10.5. The molecule has 0 bridgehead atoms. The van der Waals surface area contributed by atoms with Gasteiger partial charge < -0.3 is 15.0 Å². The van der Waals surface area contributed by atoms with E-state index in [0.29, 0.717) is 23.3 Å². The molecule has 1 unspecified atom stereocenters. The second-order valence-corrected chi connectivity index (χ2v) is 3.21. The maximum absolute atomic E-state index is 5.60. The number of nitrogens with two attached hydrogens (primary N) is 1. The van der Waals surface area contributed by atoms with Crippen LogP contribution in [0.3, 0.4) is 0 Å². The van der Waals surface area contributed by atoms with Crippen LogP contribution in [0.1, 0.15) is 18.9 Å². The molecule has 0 amide bonds. The molecule has 16 heavy (non-hydrogen) atoms. The molecule has 0 saturated heterocycles. The van der Waals surface area contributed by atoms with Gasteiger partial charge in [-0.15, -0.1) is 10.2 Å². The second kappa shape index (κ2) is 4.23. The molecule has 2 aromatic rings. The van der Waals surface area contributed by atoms with Crippen LogP contribution in [-0.2, 0) is 0 Å². The Morgan fingerprint density at radius 1 is 1.38 bits per heavy atom. The maximum Gasteiger partial charge on any atom is 0.243 e. The van der Waals surface area contributed by atoms with Crippen molar-refractivity contribution < 1.29 is 9.26 Å². The molecule has 0 radical (unpaired) electrons. The standard InChI is InChI=1S/C9H11N5O2/c1-5(10)9-11-8(14-16-9)6-3-4-7(15-2)13-12-6/h3-5H,10H2,1-2H3. The summed E-state index contributed by atoms with van der Waals surface area (Å²) in [6, 6.07) is 3.07. The normalized spacial score (nSPS) is 12.4. The molecule has 84 valence electrons. The number of methoxy groups -OCH3 is 1. The van der Waals surface area contributed by atoms with Crippen molar-refractivity contribution in [2.75, 3.05) is 7.11 Å². The van der Waals surface area contributed by atoms with Gasteiger partial charge in [0.25, 0.3) is 0 Å². The Balaban J connectivity index is 2.28. The predicted octanol–water partition coefficient (Wildman–Crippen LogP) is 0.555. The first-order chi connectivity index (χ1) is 7.70. The molecule has 0 aromatic carbocycles. The number of rotatable bonds is 3. The van der Waals surface area contributed by atoms with Gasteiger partial charge in [0.15, 0.2) is 0 Å². The molecule has 1 atom stereocenters. The predicted molar refractivity (Wildman–Crippen MR) is 54.5 cm³/mol. The van der Waals surface area contributed by atoms with E-state index in [1.807, 2.05) is 0 Å². The largest absolute Gasteiger partial charge is 0.480 e. The molecule has 0 saturated carbocycles. The zero-order valence-corrected chi connectivity index (χ0v) is 8.91. The fourth-order valence-corrected chi connectivity index (χ4v) is 1.07. The number of hydrogen-bond acceptors (Lipinski definition) is 7. The summed E-state index contributed by atoms with van der Waals surface area (Å²) in [6.45, 7) is 1.76. The molecule has 2 heterocycles. The smallest absolute Gasteiger partial charge is 0.243 e. The Labute approximate surface area is 91.6 Å². The summed E-state index contributed by atoms with van der Waals surface area (Å²) in [7, 11) is 1.52. The van der Waals surface area contributed by atoms with Gasteiger partial charge in [-0.3, -0.25) is 0 Å². The second-order valence-electron chi connectivity index (χ2n) is 3.21. The highest BCUT2D eigenvalue weighted by molar-refractivity contribution is 5.47. The average Bonchev–Trinajstić information content (AvgIpc) is 2.78. The van der Waals surface area contributed by atoms with E-state index < -0.39 is 0 Å². The van der Waals surface area contributed by atoms with Gasteiger partial charge in [-0.05, 0) is 13.0 Å². The molecule has 0 spiro atoms. The van der Waals surface area contributed by atoms with Crippen LogP contribution in [0.15, 0.2) is 16.7 Å². The van der Waals surface area contributed by atoms with Crippen LogP contribution >= 0.6 is 0 Å². The van der Waals surface area contributed by atoms with Crippen molar-refractivity contribution in [3.8, 4) is 17.4 Å². The minimum atomic E-state index is -0.299. The fourth-order valence-electron chi connectivity index (χ4n) is 1.07. The lowest BCUT2D eigenvalue weighted by Gasteiger charge is -1.96. The van der Waals surface area contributed by atoms with E-state index in [1.54, 1.807) is 19.1 Å². The van der Waals surface area contributed by atoms with Gasteiger partial charge in [0.1, 0.15) is 5.69 Å². The lowest BCUT2D eigenvalue weighted by atomic mass is 10.3. The third-order valence-electron chi connectivity index (χ3n) is 1.91. The number of aromatic nitrogens is 4. The van der Waals surface area contributed by atoms with Crippen LogP contribution in [0.25, 0.3) is 11.5 Å². The van der Waals surface area contributed by atoms with Crippen molar-refractivity contribution in [3.63, 3.8) is 0 Å². The summed E-state index contributed by atoms with van der Waals surface area (Å²) < 4.78 is 9.84. The van der Waals surface area contributed by atoms with Crippen LogP contribution in [0, 0.1) is 0 Å². The Bertz CT molecular complexity index is 465. The van der Waals surface area contributed by atoms with Crippen molar-refractivity contribution in [2.24, 2.45) is 5.73 Å². The summed E-state index contributed by atoms with van der Waals surface area (Å²) in [5, 5.41) is 11.4. The van der Waals surface area contributed by atoms with E-state index in [1.165, 1.54) is 7.11 Å². The van der Waals surface area contributed by atoms with Crippen molar-refractivity contribution in [3.05, 3.63) is 18.0 Å². The van der Waals surface area contributed by atoms with Gasteiger partial charge in [0, 0.05) is 6.07 Å². The first-order valence-electron chi connectivity index (χ1n) is 4.68. The van der Waals surface area contributed by atoms with Crippen LogP contribution in [-0.4, -0.2) is 27.4 Å². The number of nitrogens with zero attached hydrogens (tertiary/aromatic N) is 4. The zero-order valence-electron chi connectivity index (χ0n) is 8.91. The molecular weight excluding hydrogens is 210 g/mol. The van der Waals surface area contributed by atoms with Gasteiger partial charge in [0.05, 0.1) is 13.2 Å². The minimum absolute atomic E-state index is 0.299. The molecular formula is C9H11N5O2. The summed E-state index contributed by atoms with van der Waals surface area (Å²) in [5.74, 6) is 1.16. The Kier molecular flexibility index (Phi) is 2.78. The molecule has 0 aliphatic rings. The van der Waals surface area contributed by atoms with Gasteiger partial charge in [-0.2, -0.15) is 4.98 Å². The van der Waals surface area contributed by atoms with E-state index in [0.717, 1.165) is 0 Å². The van der Waals surface area contributed by atoms with Crippen LogP contribution in [0.5, 0.6) is 5.88 Å². The summed E-state index contributed by atoms with van der Waals surface area (Å²) in [5.41, 5.74) is 6.11. The number of hydrogen-bond donors (Lipinski definition) is 1. The Morgan fingerprint density at radius 3 is 2.69 bits per heavy atom. The highest BCUT2D eigenvalue weighted by atomic mass is 16.5. The lowest BCUT2D eigenvalue weighted by Crippen LogP contribution is -2.04. The van der Waals surface area contributed by atoms with Crippen LogP contribution in [0.4, 0.5) is 0 Å². The highest BCUT2D eigenvalue weighted by Crippen LogP contribution is 2.16. The highest BCUT2D eigenvalue weighted by Gasteiger charge is 2.13. The molecule has 0 aliphatic carbocycles. The molecule has 2 N–H and O–H groups in total. The SMILES string of the molecule is COc1ccc(-c2noc(C(C)N)n2)nn1. The van der Waals surface area contributed by atoms with E-state index >= 15 is 0 Å². The number of ether oxygens (including phenoxy) is 1. The lowest BCUT2D eigenvalue weighted by molar-refractivity contribution is 0.361. The molecule has 7 nitrogen and oxygen atoms in total. The van der Waals surface area contributed by atoms with Gasteiger partial charge in [-0.1, -0.05) is 5.16 Å². The van der Waals surface area contributed by atoms with Crippen LogP contribution < -0.4 is 10.5 Å². The molecule has 7 heteroatoms. The van der Waals surface area contributed by atoms with E-state index in [-0.39, 0.29) is 6.04 Å². The Morgan fingerprint density at radius 2 is 2.19 bits per heavy atom.